The molecule has 0 aliphatic rings. The zero-order valence-corrected chi connectivity index (χ0v) is 15.4. The Balaban J connectivity index is 1.47. The third-order valence-corrected chi connectivity index (χ3v) is 4.48. The van der Waals surface area contributed by atoms with Gasteiger partial charge in [0.05, 0.1) is 5.52 Å². The van der Waals surface area contributed by atoms with Gasteiger partial charge in [-0.2, -0.15) is 5.10 Å². The fourth-order valence-electron chi connectivity index (χ4n) is 2.43. The summed E-state index contributed by atoms with van der Waals surface area (Å²) in [7, 11) is 0. The second-order valence-electron chi connectivity index (χ2n) is 6.27. The first-order valence-electron chi connectivity index (χ1n) is 8.36. The number of H-pyrrole nitrogens is 1. The van der Waals surface area contributed by atoms with Crippen molar-refractivity contribution in [2.75, 3.05) is 11.9 Å². The lowest BCUT2D eigenvalue weighted by molar-refractivity contribution is -0.116. The van der Waals surface area contributed by atoms with Crippen molar-refractivity contribution in [1.29, 1.82) is 0 Å². The first kappa shape index (κ1) is 18.0. The van der Waals surface area contributed by atoms with E-state index in [0.29, 0.717) is 16.7 Å². The first-order chi connectivity index (χ1) is 12.5. The van der Waals surface area contributed by atoms with Crippen molar-refractivity contribution < 1.29 is 9.59 Å². The van der Waals surface area contributed by atoms with E-state index in [4.69, 9.17) is 0 Å². The van der Waals surface area contributed by atoms with Gasteiger partial charge in [0.2, 0.25) is 11.0 Å². The third kappa shape index (κ3) is 4.42. The molecule has 0 bridgehead atoms. The molecule has 0 aliphatic carbocycles. The Labute approximate surface area is 154 Å². The van der Waals surface area contributed by atoms with E-state index < -0.39 is 0 Å². The zero-order chi connectivity index (χ0) is 18.5. The molecule has 9 heteroatoms. The molecule has 0 saturated carbocycles. The van der Waals surface area contributed by atoms with Crippen molar-refractivity contribution in [2.24, 2.45) is 5.92 Å². The number of anilines is 1. The maximum absolute atomic E-state index is 12.2. The van der Waals surface area contributed by atoms with Gasteiger partial charge in [-0.15, -0.1) is 10.2 Å². The van der Waals surface area contributed by atoms with Gasteiger partial charge in [-0.25, -0.2) is 0 Å². The van der Waals surface area contributed by atoms with E-state index in [1.807, 2.05) is 24.3 Å². The van der Waals surface area contributed by atoms with Gasteiger partial charge in [-0.1, -0.05) is 43.4 Å². The van der Waals surface area contributed by atoms with Gasteiger partial charge in [-0.3, -0.25) is 14.7 Å². The monoisotopic (exact) mass is 372 g/mol. The molecule has 3 N–H and O–H groups in total. The Bertz CT molecular complexity index is 917. The molecule has 3 aromatic rings. The molecule has 8 nitrogen and oxygen atoms in total. The summed E-state index contributed by atoms with van der Waals surface area (Å²) < 4.78 is 0. The number of rotatable bonds is 7. The number of aromatic nitrogens is 4. The number of benzene rings is 1. The smallest absolute Gasteiger partial charge is 0.272 e. The van der Waals surface area contributed by atoms with Crippen LogP contribution in [0.5, 0.6) is 0 Å². The Morgan fingerprint density at radius 1 is 1.23 bits per heavy atom. The summed E-state index contributed by atoms with van der Waals surface area (Å²) in [6.45, 7) is 4.42. The van der Waals surface area contributed by atoms with E-state index in [2.05, 4.69) is 44.9 Å². The lowest BCUT2D eigenvalue weighted by Crippen LogP contribution is -2.28. The van der Waals surface area contributed by atoms with Gasteiger partial charge in [0.15, 0.2) is 5.69 Å². The van der Waals surface area contributed by atoms with Crippen molar-refractivity contribution in [3.8, 4) is 0 Å². The molecule has 26 heavy (non-hydrogen) atoms. The van der Waals surface area contributed by atoms with E-state index in [0.717, 1.165) is 22.3 Å². The summed E-state index contributed by atoms with van der Waals surface area (Å²) in [6, 6.07) is 7.39. The van der Waals surface area contributed by atoms with Crippen LogP contribution in [0.1, 0.15) is 35.8 Å². The number of hydrogen-bond acceptors (Lipinski definition) is 6. The normalized spacial score (nSPS) is 11.0. The highest BCUT2D eigenvalue weighted by atomic mass is 32.1. The highest BCUT2D eigenvalue weighted by Crippen LogP contribution is 2.18. The molecular formula is C17H20N6O2S. The quantitative estimate of drug-likeness (QED) is 0.589. The molecular weight excluding hydrogens is 352 g/mol. The number of nitrogens with zero attached hydrogens (tertiary/aromatic N) is 3. The number of carbonyl (C=O) groups is 2. The third-order valence-electron chi connectivity index (χ3n) is 3.62. The molecule has 2 heterocycles. The fourth-order valence-corrected chi connectivity index (χ4v) is 3.40. The van der Waals surface area contributed by atoms with Crippen molar-refractivity contribution >= 4 is 39.2 Å². The van der Waals surface area contributed by atoms with Gasteiger partial charge in [-0.05, 0) is 12.0 Å². The Kier molecular flexibility index (Phi) is 5.57. The molecule has 0 saturated heterocycles. The summed E-state index contributed by atoms with van der Waals surface area (Å²) in [5.74, 6) is -0.0466. The van der Waals surface area contributed by atoms with Crippen LogP contribution in [0.25, 0.3) is 10.9 Å². The number of hydrogen-bond donors (Lipinski definition) is 3. The lowest BCUT2D eigenvalue weighted by atomic mass is 10.1. The Morgan fingerprint density at radius 2 is 2.04 bits per heavy atom. The summed E-state index contributed by atoms with van der Waals surface area (Å²) in [4.78, 5) is 24.2. The highest BCUT2D eigenvalue weighted by molar-refractivity contribution is 7.15. The molecule has 2 aromatic heterocycles. The topological polar surface area (TPSA) is 113 Å². The average molecular weight is 372 g/mol. The average Bonchev–Trinajstić information content (AvgIpc) is 3.21. The molecule has 2 amide bonds. The molecule has 0 spiro atoms. The van der Waals surface area contributed by atoms with Crippen LogP contribution in [-0.4, -0.2) is 38.8 Å². The van der Waals surface area contributed by atoms with E-state index in [1.165, 1.54) is 11.3 Å². The number of carbonyl (C=O) groups excluding carboxylic acids is 2. The summed E-state index contributed by atoms with van der Waals surface area (Å²) >= 11 is 1.37. The standard InChI is InChI=1S/C17H20N6O2S/c1-10(2)9-14-21-23-17(26-14)19-13(24)7-8-18-16(25)15-11-5-3-4-6-12(11)20-22-15/h3-6,10H,7-9H2,1-2H3,(H,18,25)(H,20,22)(H,19,23,24). The number of para-hydroxylation sites is 1. The lowest BCUT2D eigenvalue weighted by Gasteiger charge is -2.03. The molecule has 0 aliphatic heterocycles. The van der Waals surface area contributed by atoms with Gasteiger partial charge >= 0.3 is 0 Å². The number of nitrogens with one attached hydrogen (secondary N) is 3. The first-order valence-corrected chi connectivity index (χ1v) is 9.18. The molecule has 136 valence electrons. The predicted molar refractivity (Wildman–Crippen MR) is 100 cm³/mol. The minimum atomic E-state index is -0.314. The minimum Gasteiger partial charge on any atom is -0.350 e. The van der Waals surface area contributed by atoms with Crippen LogP contribution in [-0.2, 0) is 11.2 Å². The van der Waals surface area contributed by atoms with Gasteiger partial charge < -0.3 is 10.6 Å². The van der Waals surface area contributed by atoms with Gasteiger partial charge in [0.25, 0.3) is 5.91 Å². The van der Waals surface area contributed by atoms with Crippen LogP contribution in [0.15, 0.2) is 24.3 Å². The van der Waals surface area contributed by atoms with Crippen molar-refractivity contribution in [3.05, 3.63) is 35.0 Å². The Morgan fingerprint density at radius 3 is 2.85 bits per heavy atom. The number of amides is 2. The highest BCUT2D eigenvalue weighted by Gasteiger charge is 2.14. The predicted octanol–water partition coefficient (Wildman–Crippen LogP) is 2.37. The van der Waals surface area contributed by atoms with Gasteiger partial charge in [0.1, 0.15) is 5.01 Å². The van der Waals surface area contributed by atoms with E-state index in [-0.39, 0.29) is 24.8 Å². The van der Waals surface area contributed by atoms with Crippen molar-refractivity contribution in [3.63, 3.8) is 0 Å². The molecule has 0 fully saturated rings. The maximum Gasteiger partial charge on any atom is 0.272 e. The SMILES string of the molecule is CC(C)Cc1nnc(NC(=O)CCNC(=O)c2n[nH]c3ccccc23)s1. The van der Waals surface area contributed by atoms with Gasteiger partial charge in [0, 0.05) is 24.8 Å². The summed E-state index contributed by atoms with van der Waals surface area (Å²) in [6.07, 6.45) is 0.981. The van der Waals surface area contributed by atoms with E-state index in [9.17, 15) is 9.59 Å². The van der Waals surface area contributed by atoms with E-state index >= 15 is 0 Å². The maximum atomic E-state index is 12.2. The second kappa shape index (κ2) is 8.05. The van der Waals surface area contributed by atoms with Crippen LogP contribution in [0, 0.1) is 5.92 Å². The van der Waals surface area contributed by atoms with Crippen LogP contribution in [0.4, 0.5) is 5.13 Å². The number of fused-ring (bicyclic) bond motifs is 1. The second-order valence-corrected chi connectivity index (χ2v) is 7.33. The van der Waals surface area contributed by atoms with Crippen molar-refractivity contribution in [2.45, 2.75) is 26.7 Å². The van der Waals surface area contributed by atoms with Crippen LogP contribution in [0.3, 0.4) is 0 Å². The minimum absolute atomic E-state index is 0.146. The number of aromatic amines is 1. The largest absolute Gasteiger partial charge is 0.350 e. The zero-order valence-electron chi connectivity index (χ0n) is 14.6. The molecule has 0 unspecified atom stereocenters. The Hall–Kier alpha value is -2.81. The molecule has 0 atom stereocenters. The summed E-state index contributed by atoms with van der Waals surface area (Å²) in [5.41, 5.74) is 1.12. The van der Waals surface area contributed by atoms with Crippen LogP contribution < -0.4 is 10.6 Å². The van der Waals surface area contributed by atoms with Crippen molar-refractivity contribution in [1.82, 2.24) is 25.7 Å². The summed E-state index contributed by atoms with van der Waals surface area (Å²) in [5, 5.41) is 22.4. The molecule has 3 rings (SSSR count). The molecule has 0 radical (unpaired) electrons. The van der Waals surface area contributed by atoms with E-state index in [1.54, 1.807) is 0 Å². The fraction of sp³-hybridized carbons (Fsp3) is 0.353. The van der Waals surface area contributed by atoms with Crippen LogP contribution >= 0.6 is 11.3 Å². The van der Waals surface area contributed by atoms with Crippen LogP contribution in [0.2, 0.25) is 0 Å². The molecule has 1 aromatic carbocycles.